The molecular weight excluding hydrogens is 390 g/mol. The lowest BCUT2D eigenvalue weighted by Crippen LogP contribution is -2.44. The number of para-hydroxylation sites is 1. The minimum absolute atomic E-state index is 0.0481. The van der Waals surface area contributed by atoms with E-state index < -0.39 is 17.5 Å². The van der Waals surface area contributed by atoms with Crippen molar-refractivity contribution in [2.24, 2.45) is 5.16 Å². The molecule has 5 nitrogen and oxygen atoms in total. The third kappa shape index (κ3) is 3.56. The van der Waals surface area contributed by atoms with Gasteiger partial charge in [-0.15, -0.1) is 0 Å². The zero-order valence-electron chi connectivity index (χ0n) is 17.8. The van der Waals surface area contributed by atoms with E-state index >= 15 is 0 Å². The van der Waals surface area contributed by atoms with E-state index in [0.29, 0.717) is 11.3 Å². The number of rotatable bonds is 5. The number of hydrogen-bond donors (Lipinski definition) is 1. The van der Waals surface area contributed by atoms with Crippen molar-refractivity contribution >= 4 is 11.7 Å². The number of esters is 1. The average Bonchev–Trinajstić information content (AvgIpc) is 3.17. The van der Waals surface area contributed by atoms with Crippen LogP contribution in [0.25, 0.3) is 0 Å². The van der Waals surface area contributed by atoms with Gasteiger partial charge in [0.05, 0.1) is 23.8 Å². The standard InChI is InChI=1S/C26H25NO4/c1-4-30-25(29)26(21-7-5-6-8-22(21)28)23(19-13-9-17(2)10-14-19)24(27-31-26)20-15-11-18(3)12-16-20/h5-16,23,28H,4H2,1-3H3/t23-,26-/m1/s1. The second-order valence-corrected chi connectivity index (χ2v) is 7.75. The second-order valence-electron chi connectivity index (χ2n) is 7.75. The van der Waals surface area contributed by atoms with Crippen molar-refractivity contribution in [3.8, 4) is 5.75 Å². The summed E-state index contributed by atoms with van der Waals surface area (Å²) in [4.78, 5) is 19.4. The lowest BCUT2D eigenvalue weighted by Gasteiger charge is -2.32. The molecule has 0 radical (unpaired) electrons. The molecule has 1 aliphatic heterocycles. The van der Waals surface area contributed by atoms with Crippen molar-refractivity contribution in [1.29, 1.82) is 0 Å². The van der Waals surface area contributed by atoms with Crippen LogP contribution in [-0.2, 0) is 20.0 Å². The first-order valence-corrected chi connectivity index (χ1v) is 10.3. The number of ether oxygens (including phenoxy) is 1. The van der Waals surface area contributed by atoms with E-state index in [1.165, 1.54) is 6.07 Å². The Kier molecular flexibility index (Phi) is 5.51. The maximum atomic E-state index is 13.5. The molecule has 3 aromatic carbocycles. The number of benzene rings is 3. The minimum Gasteiger partial charge on any atom is -0.507 e. The van der Waals surface area contributed by atoms with Crippen LogP contribution >= 0.6 is 0 Å². The predicted molar refractivity (Wildman–Crippen MR) is 119 cm³/mol. The molecule has 0 aromatic heterocycles. The molecule has 5 heteroatoms. The molecule has 0 spiro atoms. The number of hydrogen-bond acceptors (Lipinski definition) is 5. The number of oxime groups is 1. The van der Waals surface area contributed by atoms with E-state index in [-0.39, 0.29) is 12.4 Å². The molecule has 0 amide bonds. The van der Waals surface area contributed by atoms with Gasteiger partial charge in [0.25, 0.3) is 5.60 Å². The molecule has 0 saturated carbocycles. The van der Waals surface area contributed by atoms with Crippen molar-refractivity contribution in [2.75, 3.05) is 6.61 Å². The Balaban J connectivity index is 1.96. The van der Waals surface area contributed by atoms with Gasteiger partial charge in [0, 0.05) is 5.56 Å². The summed E-state index contributed by atoms with van der Waals surface area (Å²) in [6, 6.07) is 22.5. The van der Waals surface area contributed by atoms with Crippen molar-refractivity contribution in [3.63, 3.8) is 0 Å². The fourth-order valence-corrected chi connectivity index (χ4v) is 4.01. The quantitative estimate of drug-likeness (QED) is 0.597. The fourth-order valence-electron chi connectivity index (χ4n) is 4.01. The number of aromatic hydroxyl groups is 1. The molecule has 4 rings (SSSR count). The van der Waals surface area contributed by atoms with Crippen LogP contribution in [0.4, 0.5) is 0 Å². The minimum atomic E-state index is -1.64. The fraction of sp³-hybridized carbons (Fsp3) is 0.231. The summed E-state index contributed by atoms with van der Waals surface area (Å²) >= 11 is 0. The van der Waals surface area contributed by atoms with Gasteiger partial charge >= 0.3 is 5.97 Å². The third-order valence-corrected chi connectivity index (χ3v) is 5.61. The summed E-state index contributed by atoms with van der Waals surface area (Å²) in [5.74, 6) is -1.25. The van der Waals surface area contributed by atoms with Crippen LogP contribution in [0.1, 0.15) is 40.7 Å². The molecular formula is C26H25NO4. The lowest BCUT2D eigenvalue weighted by atomic mass is 9.73. The van der Waals surface area contributed by atoms with Gasteiger partial charge in [-0.25, -0.2) is 4.79 Å². The van der Waals surface area contributed by atoms with Crippen LogP contribution in [0, 0.1) is 13.8 Å². The van der Waals surface area contributed by atoms with Gasteiger partial charge in [-0.1, -0.05) is 83.0 Å². The highest BCUT2D eigenvalue weighted by atomic mass is 16.7. The maximum absolute atomic E-state index is 13.5. The van der Waals surface area contributed by atoms with E-state index in [9.17, 15) is 9.90 Å². The molecule has 0 unspecified atom stereocenters. The highest BCUT2D eigenvalue weighted by Crippen LogP contribution is 2.50. The number of aryl methyl sites for hydroxylation is 2. The van der Waals surface area contributed by atoms with Gasteiger partial charge in [-0.3, -0.25) is 0 Å². The van der Waals surface area contributed by atoms with E-state index in [1.54, 1.807) is 25.1 Å². The van der Waals surface area contributed by atoms with E-state index in [2.05, 4.69) is 5.16 Å². The van der Waals surface area contributed by atoms with Crippen LogP contribution in [0.3, 0.4) is 0 Å². The topological polar surface area (TPSA) is 68.1 Å². The zero-order valence-corrected chi connectivity index (χ0v) is 17.8. The van der Waals surface area contributed by atoms with E-state index in [0.717, 1.165) is 22.3 Å². The average molecular weight is 415 g/mol. The molecule has 158 valence electrons. The summed E-state index contributed by atoms with van der Waals surface area (Å²) < 4.78 is 5.47. The Morgan fingerprint density at radius 3 is 2.23 bits per heavy atom. The molecule has 0 aliphatic carbocycles. The largest absolute Gasteiger partial charge is 0.507 e. The number of carbonyl (C=O) groups excluding carboxylic acids is 1. The third-order valence-electron chi connectivity index (χ3n) is 5.61. The van der Waals surface area contributed by atoms with Crippen molar-refractivity contribution in [3.05, 3.63) is 101 Å². The van der Waals surface area contributed by atoms with Crippen LogP contribution in [0.5, 0.6) is 5.75 Å². The maximum Gasteiger partial charge on any atom is 0.359 e. The molecule has 31 heavy (non-hydrogen) atoms. The highest BCUT2D eigenvalue weighted by molar-refractivity contribution is 6.10. The summed E-state index contributed by atoms with van der Waals surface area (Å²) in [6.07, 6.45) is 0. The molecule has 1 N–H and O–H groups in total. The van der Waals surface area contributed by atoms with Crippen LogP contribution in [0.2, 0.25) is 0 Å². The Labute approximate surface area is 181 Å². The molecule has 1 aliphatic rings. The first-order chi connectivity index (χ1) is 15.0. The number of carbonyl (C=O) groups is 1. The number of phenolic OH excluding ortho intramolecular Hbond substituents is 1. The lowest BCUT2D eigenvalue weighted by molar-refractivity contribution is -0.172. The molecule has 0 saturated heterocycles. The second kappa shape index (κ2) is 8.26. The van der Waals surface area contributed by atoms with Crippen molar-refractivity contribution in [1.82, 2.24) is 0 Å². The Morgan fingerprint density at radius 2 is 1.61 bits per heavy atom. The Hall–Kier alpha value is -3.60. The molecule has 1 heterocycles. The van der Waals surface area contributed by atoms with Crippen LogP contribution in [-0.4, -0.2) is 23.4 Å². The van der Waals surface area contributed by atoms with Gasteiger partial charge in [-0.05, 0) is 32.4 Å². The van der Waals surface area contributed by atoms with E-state index in [4.69, 9.17) is 9.57 Å². The number of phenols is 1. The van der Waals surface area contributed by atoms with Gasteiger partial charge in [0.1, 0.15) is 5.75 Å². The Bertz CT molecular complexity index is 1120. The smallest absolute Gasteiger partial charge is 0.359 e. The first kappa shape index (κ1) is 20.7. The van der Waals surface area contributed by atoms with Crippen molar-refractivity contribution < 1.29 is 19.5 Å². The number of nitrogens with zero attached hydrogens (tertiary/aromatic N) is 1. The molecule has 2 atom stereocenters. The van der Waals surface area contributed by atoms with Gasteiger partial charge in [0.2, 0.25) is 0 Å². The zero-order chi connectivity index (χ0) is 22.0. The summed E-state index contributed by atoms with van der Waals surface area (Å²) in [5.41, 5.74) is 3.20. The normalized spacial score (nSPS) is 20.1. The predicted octanol–water partition coefficient (Wildman–Crippen LogP) is 4.99. The van der Waals surface area contributed by atoms with Gasteiger partial charge in [-0.2, -0.15) is 0 Å². The van der Waals surface area contributed by atoms with Gasteiger partial charge in [0.15, 0.2) is 0 Å². The highest BCUT2D eigenvalue weighted by Gasteiger charge is 2.59. The monoisotopic (exact) mass is 415 g/mol. The van der Waals surface area contributed by atoms with Gasteiger partial charge < -0.3 is 14.7 Å². The molecule has 0 fully saturated rings. The van der Waals surface area contributed by atoms with Crippen molar-refractivity contribution in [2.45, 2.75) is 32.3 Å². The first-order valence-electron chi connectivity index (χ1n) is 10.3. The summed E-state index contributed by atoms with van der Waals surface area (Å²) in [5, 5.41) is 15.1. The molecule has 0 bridgehead atoms. The van der Waals surface area contributed by atoms with E-state index in [1.807, 2.05) is 62.4 Å². The van der Waals surface area contributed by atoms with Crippen LogP contribution in [0.15, 0.2) is 78.0 Å². The summed E-state index contributed by atoms with van der Waals surface area (Å²) in [6.45, 7) is 5.94. The van der Waals surface area contributed by atoms with Crippen LogP contribution < -0.4 is 0 Å². The summed E-state index contributed by atoms with van der Waals surface area (Å²) in [7, 11) is 0. The molecule has 3 aromatic rings. The SMILES string of the molecule is CCOC(=O)[C@]1(c2ccccc2O)ON=C(c2ccc(C)cc2)[C@H]1c1ccc(C)cc1. The Morgan fingerprint density at radius 1 is 1.00 bits per heavy atom.